The number of hydrogen-bond donors (Lipinski definition) is 0. The number of methoxy groups -OCH3 is 1. The van der Waals surface area contributed by atoms with Crippen LogP contribution >= 0.6 is 0 Å². The molecular formula is C36H45NO4S. The van der Waals surface area contributed by atoms with Gasteiger partial charge in [-0.1, -0.05) is 112 Å². The molecule has 1 heterocycles. The summed E-state index contributed by atoms with van der Waals surface area (Å²) in [5.41, 5.74) is 2.85. The Balaban J connectivity index is 1.10. The maximum atomic E-state index is 13.4. The van der Waals surface area contributed by atoms with Crippen molar-refractivity contribution < 1.29 is 17.9 Å². The molecule has 0 N–H and O–H groups in total. The highest BCUT2D eigenvalue weighted by atomic mass is 32.2. The van der Waals surface area contributed by atoms with E-state index in [1.807, 2.05) is 30.3 Å². The average molecular weight is 588 g/mol. The van der Waals surface area contributed by atoms with Gasteiger partial charge < -0.3 is 9.47 Å². The summed E-state index contributed by atoms with van der Waals surface area (Å²) in [5.74, 6) is 0.627. The number of rotatable bonds is 19. The fourth-order valence-electron chi connectivity index (χ4n) is 5.22. The average Bonchev–Trinajstić information content (AvgIpc) is 3.41. The normalized spacial score (nSPS) is 11.9. The molecule has 0 amide bonds. The Hall–Kier alpha value is -3.35. The molecule has 0 radical (unpaired) electrons. The van der Waals surface area contributed by atoms with E-state index >= 15 is 0 Å². The minimum absolute atomic E-state index is 0.240. The molecule has 0 aliphatic carbocycles. The second kappa shape index (κ2) is 16.9. The zero-order valence-electron chi connectivity index (χ0n) is 24.9. The lowest BCUT2D eigenvalue weighted by Gasteiger charge is -2.08. The van der Waals surface area contributed by atoms with Crippen LogP contribution in [0.3, 0.4) is 0 Å². The molecule has 5 nitrogen and oxygen atoms in total. The molecule has 224 valence electrons. The molecular weight excluding hydrogens is 542 g/mol. The van der Waals surface area contributed by atoms with Gasteiger partial charge in [0.15, 0.2) is 0 Å². The Morgan fingerprint density at radius 3 is 2.02 bits per heavy atom. The predicted octanol–water partition coefficient (Wildman–Crippen LogP) is 9.41. The van der Waals surface area contributed by atoms with Gasteiger partial charge in [0.1, 0.15) is 5.75 Å². The van der Waals surface area contributed by atoms with Gasteiger partial charge >= 0.3 is 0 Å². The first kappa shape index (κ1) is 31.6. The van der Waals surface area contributed by atoms with Crippen molar-refractivity contribution in [2.75, 3.05) is 13.7 Å². The highest BCUT2D eigenvalue weighted by Crippen LogP contribution is 2.28. The fourth-order valence-corrected chi connectivity index (χ4v) is 6.60. The van der Waals surface area contributed by atoms with E-state index in [-0.39, 0.29) is 4.90 Å². The molecule has 0 saturated heterocycles. The first-order valence-corrected chi connectivity index (χ1v) is 16.8. The standard InChI is InChI=1S/C36H45NO4S/c1-40-33-24-26-34(27-25-33)42(38,39)37-29-32(35-22-16-17-23-36(35)37)21-15-10-8-6-4-2-3-5-7-9-11-18-28-41-30-31-19-13-12-14-20-31/h12-17,19-27,29H,2-11,18,28,30H2,1H3. The van der Waals surface area contributed by atoms with Crippen molar-refractivity contribution >= 4 is 27.0 Å². The van der Waals surface area contributed by atoms with Crippen LogP contribution in [-0.4, -0.2) is 26.1 Å². The van der Waals surface area contributed by atoms with E-state index in [0.29, 0.717) is 11.3 Å². The topological polar surface area (TPSA) is 57.5 Å². The molecule has 4 aromatic rings. The summed E-state index contributed by atoms with van der Waals surface area (Å²) in [6, 6.07) is 24.5. The molecule has 0 spiro atoms. The van der Waals surface area contributed by atoms with Crippen molar-refractivity contribution in [1.82, 2.24) is 3.97 Å². The van der Waals surface area contributed by atoms with E-state index in [9.17, 15) is 8.42 Å². The Kier molecular flexibility index (Phi) is 12.7. The maximum absolute atomic E-state index is 13.4. The molecule has 4 rings (SSSR count). The van der Waals surface area contributed by atoms with Crippen LogP contribution in [0.5, 0.6) is 5.75 Å². The summed E-state index contributed by atoms with van der Waals surface area (Å²) < 4.78 is 39.2. The van der Waals surface area contributed by atoms with Gasteiger partial charge in [-0.3, -0.25) is 0 Å². The summed E-state index contributed by atoms with van der Waals surface area (Å²) in [5, 5.41) is 0.936. The number of fused-ring (bicyclic) bond motifs is 1. The summed E-state index contributed by atoms with van der Waals surface area (Å²) in [7, 11) is -2.15. The predicted molar refractivity (Wildman–Crippen MR) is 173 cm³/mol. The zero-order valence-corrected chi connectivity index (χ0v) is 25.7. The molecule has 0 atom stereocenters. The Labute approximate surface area is 252 Å². The van der Waals surface area contributed by atoms with Crippen LogP contribution in [0.2, 0.25) is 0 Å². The number of para-hydroxylation sites is 1. The van der Waals surface area contributed by atoms with Crippen molar-refractivity contribution in [3.63, 3.8) is 0 Å². The molecule has 0 aliphatic heterocycles. The molecule has 1 aromatic heterocycles. The summed E-state index contributed by atoms with van der Waals surface area (Å²) in [6.07, 6.45) is 19.6. The third-order valence-corrected chi connectivity index (χ3v) is 9.33. The van der Waals surface area contributed by atoms with Crippen LogP contribution < -0.4 is 4.74 Å². The summed E-state index contributed by atoms with van der Waals surface area (Å²) in [4.78, 5) is 0.240. The molecule has 0 saturated carbocycles. The van der Waals surface area contributed by atoms with E-state index in [1.54, 1.807) is 37.6 Å². The van der Waals surface area contributed by atoms with Gasteiger partial charge in [-0.25, -0.2) is 12.4 Å². The number of benzene rings is 3. The highest BCUT2D eigenvalue weighted by Gasteiger charge is 2.20. The minimum Gasteiger partial charge on any atom is -0.497 e. The summed E-state index contributed by atoms with van der Waals surface area (Å²) in [6.45, 7) is 1.57. The van der Waals surface area contributed by atoms with E-state index in [4.69, 9.17) is 9.47 Å². The van der Waals surface area contributed by atoms with Crippen molar-refractivity contribution in [2.45, 2.75) is 82.1 Å². The molecule has 3 aromatic carbocycles. The number of ether oxygens (including phenoxy) is 2. The fraction of sp³-hybridized carbons (Fsp3) is 0.389. The summed E-state index contributed by atoms with van der Waals surface area (Å²) >= 11 is 0. The molecule has 0 bridgehead atoms. The van der Waals surface area contributed by atoms with Gasteiger partial charge in [-0.15, -0.1) is 0 Å². The molecule has 0 aliphatic rings. The van der Waals surface area contributed by atoms with E-state index in [2.05, 4.69) is 36.4 Å². The Morgan fingerprint density at radius 1 is 0.714 bits per heavy atom. The first-order valence-electron chi connectivity index (χ1n) is 15.4. The van der Waals surface area contributed by atoms with Crippen LogP contribution in [0.4, 0.5) is 0 Å². The van der Waals surface area contributed by atoms with E-state index in [0.717, 1.165) is 43.4 Å². The number of unbranched alkanes of at least 4 members (excludes halogenated alkanes) is 10. The van der Waals surface area contributed by atoms with Crippen LogP contribution in [0.25, 0.3) is 17.0 Å². The number of hydrogen-bond acceptors (Lipinski definition) is 4. The van der Waals surface area contributed by atoms with Crippen molar-refractivity contribution in [1.29, 1.82) is 0 Å². The van der Waals surface area contributed by atoms with Gasteiger partial charge in [-0.2, -0.15) is 0 Å². The van der Waals surface area contributed by atoms with Crippen molar-refractivity contribution in [2.24, 2.45) is 0 Å². The molecule has 0 fully saturated rings. The van der Waals surface area contributed by atoms with Crippen LogP contribution in [0, 0.1) is 0 Å². The second-order valence-electron chi connectivity index (χ2n) is 10.8. The highest BCUT2D eigenvalue weighted by molar-refractivity contribution is 7.90. The van der Waals surface area contributed by atoms with Crippen LogP contribution in [0.1, 0.15) is 81.8 Å². The third-order valence-electron chi connectivity index (χ3n) is 7.64. The second-order valence-corrected chi connectivity index (χ2v) is 12.7. The van der Waals surface area contributed by atoms with Crippen LogP contribution in [-0.2, 0) is 21.4 Å². The quantitative estimate of drug-likeness (QED) is 0.103. The number of nitrogens with zero attached hydrogens (tertiary/aromatic N) is 1. The van der Waals surface area contributed by atoms with Gasteiger partial charge in [0.2, 0.25) is 0 Å². The molecule has 6 heteroatoms. The Morgan fingerprint density at radius 2 is 1.33 bits per heavy atom. The van der Waals surface area contributed by atoms with E-state index in [1.165, 1.54) is 60.9 Å². The lowest BCUT2D eigenvalue weighted by Crippen LogP contribution is -2.11. The SMILES string of the molecule is COc1ccc(S(=O)(=O)n2cc(C=CCCCCCCCCCCCCOCc3ccccc3)c3ccccc32)cc1. The van der Waals surface area contributed by atoms with Crippen molar-refractivity contribution in [3.05, 3.63) is 102 Å². The van der Waals surface area contributed by atoms with Gasteiger partial charge in [0, 0.05) is 23.8 Å². The number of aromatic nitrogens is 1. The van der Waals surface area contributed by atoms with Crippen LogP contribution in [0.15, 0.2) is 96.0 Å². The largest absolute Gasteiger partial charge is 0.497 e. The lowest BCUT2D eigenvalue weighted by molar-refractivity contribution is 0.116. The molecule has 0 unspecified atom stereocenters. The smallest absolute Gasteiger partial charge is 0.268 e. The van der Waals surface area contributed by atoms with Crippen molar-refractivity contribution in [3.8, 4) is 5.75 Å². The van der Waals surface area contributed by atoms with Gasteiger partial charge in [-0.05, 0) is 55.2 Å². The third kappa shape index (κ3) is 9.33. The first-order chi connectivity index (χ1) is 20.6. The van der Waals surface area contributed by atoms with E-state index < -0.39 is 10.0 Å². The van der Waals surface area contributed by atoms with Gasteiger partial charge in [0.25, 0.3) is 10.0 Å². The zero-order chi connectivity index (χ0) is 29.5. The maximum Gasteiger partial charge on any atom is 0.268 e. The molecule has 42 heavy (non-hydrogen) atoms. The minimum atomic E-state index is -3.72. The Bertz CT molecular complexity index is 1470. The lowest BCUT2D eigenvalue weighted by atomic mass is 10.1. The monoisotopic (exact) mass is 587 g/mol. The van der Waals surface area contributed by atoms with Gasteiger partial charge in [0.05, 0.1) is 24.1 Å². The number of allylic oxidation sites excluding steroid dienone is 1.